The van der Waals surface area contributed by atoms with Gasteiger partial charge in [0.1, 0.15) is 0 Å². The molecule has 1 saturated heterocycles. The highest BCUT2D eigenvalue weighted by Gasteiger charge is 2.52. The lowest BCUT2D eigenvalue weighted by Crippen LogP contribution is -2.47. The van der Waals surface area contributed by atoms with Gasteiger partial charge in [-0.2, -0.15) is 4.31 Å². The molecule has 1 aromatic heterocycles. The Labute approximate surface area is 143 Å². The molecule has 1 atom stereocenters. The van der Waals surface area contributed by atoms with Crippen LogP contribution in [0.25, 0.3) is 0 Å². The molecule has 1 aliphatic heterocycles. The van der Waals surface area contributed by atoms with Gasteiger partial charge in [0.25, 0.3) is 0 Å². The third kappa shape index (κ3) is 2.48. The summed E-state index contributed by atoms with van der Waals surface area (Å²) in [6, 6.07) is 0.348. The molecule has 24 heavy (non-hydrogen) atoms. The lowest BCUT2D eigenvalue weighted by molar-refractivity contribution is 0.144. The van der Waals surface area contributed by atoms with E-state index in [-0.39, 0.29) is 5.25 Å². The molecule has 0 aromatic carbocycles. The maximum atomic E-state index is 12.7. The molecule has 1 aromatic rings. The molecule has 2 heterocycles. The summed E-state index contributed by atoms with van der Waals surface area (Å²) in [5.41, 5.74) is -0.436. The van der Waals surface area contributed by atoms with Gasteiger partial charge in [-0.1, -0.05) is 12.8 Å². The predicted molar refractivity (Wildman–Crippen MR) is 88.8 cm³/mol. The summed E-state index contributed by atoms with van der Waals surface area (Å²) in [6.45, 7) is 1.00. The Balaban J connectivity index is 1.67. The van der Waals surface area contributed by atoms with Gasteiger partial charge in [0, 0.05) is 13.1 Å². The van der Waals surface area contributed by atoms with E-state index < -0.39 is 15.6 Å². The van der Waals surface area contributed by atoms with Crippen LogP contribution in [0.3, 0.4) is 0 Å². The molecule has 9 heteroatoms. The third-order valence-electron chi connectivity index (χ3n) is 5.95. The van der Waals surface area contributed by atoms with Crippen molar-refractivity contribution >= 4 is 10.0 Å². The van der Waals surface area contributed by atoms with E-state index in [2.05, 4.69) is 20.4 Å². The van der Waals surface area contributed by atoms with E-state index in [4.69, 9.17) is 0 Å². The Bertz CT molecular complexity index is 707. The summed E-state index contributed by atoms with van der Waals surface area (Å²) in [5, 5.41) is 12.4. The van der Waals surface area contributed by atoms with E-state index in [0.717, 1.165) is 37.9 Å². The van der Waals surface area contributed by atoms with Crippen molar-refractivity contribution in [3.63, 3.8) is 0 Å². The first-order chi connectivity index (χ1) is 11.4. The minimum Gasteiger partial charge on any atom is -0.296 e. The van der Waals surface area contributed by atoms with Crippen molar-refractivity contribution in [2.75, 3.05) is 27.2 Å². The maximum Gasteiger partial charge on any atom is 0.217 e. The molecule has 2 saturated carbocycles. The summed E-state index contributed by atoms with van der Waals surface area (Å²) < 4.78 is 29.0. The fraction of sp³-hybridized carbons (Fsp3) is 0.933. The van der Waals surface area contributed by atoms with Crippen LogP contribution < -0.4 is 0 Å². The quantitative estimate of drug-likeness (QED) is 0.775. The summed E-state index contributed by atoms with van der Waals surface area (Å²) in [6.07, 6.45) is 6.96. The van der Waals surface area contributed by atoms with Crippen LogP contribution in [-0.4, -0.2) is 70.3 Å². The topological polar surface area (TPSA) is 84.2 Å². The molecular weight excluding hydrogens is 328 g/mol. The van der Waals surface area contributed by atoms with Gasteiger partial charge >= 0.3 is 0 Å². The normalized spacial score (nSPS) is 29.8. The van der Waals surface area contributed by atoms with Crippen LogP contribution in [0.2, 0.25) is 0 Å². The summed E-state index contributed by atoms with van der Waals surface area (Å²) in [4.78, 5) is 2.10. The van der Waals surface area contributed by atoms with Crippen molar-refractivity contribution in [3.8, 4) is 0 Å². The fourth-order valence-corrected chi connectivity index (χ4v) is 6.09. The van der Waals surface area contributed by atoms with E-state index in [0.29, 0.717) is 19.1 Å². The second-order valence-corrected chi connectivity index (χ2v) is 9.85. The Hall–Kier alpha value is -1.06. The van der Waals surface area contributed by atoms with Gasteiger partial charge in [-0.25, -0.2) is 13.1 Å². The SMILES string of the molecule is CN(C)C1(c2nnnn2C2CCCC2)CCN(S(=O)(=O)C2CC2)C1. The highest BCUT2D eigenvalue weighted by atomic mass is 32.2. The van der Waals surface area contributed by atoms with Crippen LogP contribution in [0.15, 0.2) is 0 Å². The van der Waals surface area contributed by atoms with E-state index in [1.807, 2.05) is 18.8 Å². The van der Waals surface area contributed by atoms with Crippen molar-refractivity contribution in [2.45, 2.75) is 61.8 Å². The van der Waals surface area contributed by atoms with E-state index >= 15 is 0 Å². The average Bonchev–Trinajstić information content (AvgIpc) is 2.98. The Morgan fingerprint density at radius 3 is 2.50 bits per heavy atom. The summed E-state index contributed by atoms with van der Waals surface area (Å²) >= 11 is 0. The van der Waals surface area contributed by atoms with E-state index in [1.165, 1.54) is 12.8 Å². The van der Waals surface area contributed by atoms with Gasteiger partial charge in [0.2, 0.25) is 10.0 Å². The number of tetrazole rings is 1. The minimum absolute atomic E-state index is 0.165. The number of aromatic nitrogens is 4. The standard InChI is InChI=1S/C15H26N6O2S/c1-19(2)15(9-10-20(11-15)24(22,23)13-7-8-13)14-16-17-18-21(14)12-5-3-4-6-12/h12-13H,3-11H2,1-2H3. The van der Waals surface area contributed by atoms with Crippen molar-refractivity contribution < 1.29 is 8.42 Å². The second kappa shape index (κ2) is 5.74. The highest BCUT2D eigenvalue weighted by molar-refractivity contribution is 7.90. The zero-order chi connectivity index (χ0) is 16.9. The number of hydrogen-bond donors (Lipinski definition) is 0. The molecule has 0 radical (unpaired) electrons. The van der Waals surface area contributed by atoms with Crippen LogP contribution >= 0.6 is 0 Å². The average molecular weight is 354 g/mol. The summed E-state index contributed by atoms with van der Waals surface area (Å²) in [5.74, 6) is 0.827. The van der Waals surface area contributed by atoms with Gasteiger partial charge in [-0.15, -0.1) is 5.10 Å². The molecule has 0 bridgehead atoms. The van der Waals surface area contributed by atoms with Gasteiger partial charge in [-0.3, -0.25) is 4.90 Å². The first-order valence-electron chi connectivity index (χ1n) is 8.90. The first kappa shape index (κ1) is 16.4. The number of hydrogen-bond acceptors (Lipinski definition) is 6. The molecular formula is C15H26N6O2S. The number of nitrogens with zero attached hydrogens (tertiary/aromatic N) is 6. The van der Waals surface area contributed by atoms with Crippen molar-refractivity contribution in [1.82, 2.24) is 29.4 Å². The first-order valence-corrected chi connectivity index (χ1v) is 10.4. The maximum absolute atomic E-state index is 12.7. The second-order valence-electron chi connectivity index (χ2n) is 7.64. The van der Waals surface area contributed by atoms with E-state index in [1.54, 1.807) is 4.31 Å². The van der Waals surface area contributed by atoms with Crippen LogP contribution in [0.4, 0.5) is 0 Å². The molecule has 0 amide bonds. The molecule has 3 aliphatic rings. The van der Waals surface area contributed by atoms with Crippen molar-refractivity contribution in [3.05, 3.63) is 5.82 Å². The lowest BCUT2D eigenvalue weighted by Gasteiger charge is -2.35. The number of likely N-dealkylation sites (N-methyl/N-ethyl adjacent to an activating group) is 1. The van der Waals surface area contributed by atoms with Gasteiger partial charge < -0.3 is 0 Å². The van der Waals surface area contributed by atoms with Crippen LogP contribution in [0, 0.1) is 0 Å². The van der Waals surface area contributed by atoms with Crippen LogP contribution in [-0.2, 0) is 15.6 Å². The summed E-state index contributed by atoms with van der Waals surface area (Å²) in [7, 11) is 0.838. The molecule has 134 valence electrons. The predicted octanol–water partition coefficient (Wildman–Crippen LogP) is 0.743. The molecule has 2 aliphatic carbocycles. The zero-order valence-corrected chi connectivity index (χ0v) is 15.2. The lowest BCUT2D eigenvalue weighted by atomic mass is 9.95. The molecule has 3 fully saturated rings. The molecule has 0 N–H and O–H groups in total. The molecule has 4 rings (SSSR count). The van der Waals surface area contributed by atoms with E-state index in [9.17, 15) is 8.42 Å². The minimum atomic E-state index is -3.16. The van der Waals surface area contributed by atoms with Gasteiger partial charge in [0.15, 0.2) is 5.82 Å². The van der Waals surface area contributed by atoms with Crippen molar-refractivity contribution in [1.29, 1.82) is 0 Å². The van der Waals surface area contributed by atoms with Crippen molar-refractivity contribution in [2.24, 2.45) is 0 Å². The van der Waals surface area contributed by atoms with Gasteiger partial charge in [0.05, 0.1) is 16.8 Å². The number of rotatable bonds is 5. The molecule has 0 spiro atoms. The monoisotopic (exact) mass is 354 g/mol. The molecule has 1 unspecified atom stereocenters. The third-order valence-corrected chi connectivity index (χ3v) is 8.30. The zero-order valence-electron chi connectivity index (χ0n) is 14.4. The van der Waals surface area contributed by atoms with Gasteiger partial charge in [-0.05, 0) is 56.6 Å². The Kier molecular flexibility index (Phi) is 3.92. The van der Waals surface area contributed by atoms with Crippen LogP contribution in [0.1, 0.15) is 56.8 Å². The molecule has 8 nitrogen and oxygen atoms in total. The number of sulfonamides is 1. The Morgan fingerprint density at radius 2 is 1.88 bits per heavy atom. The highest BCUT2D eigenvalue weighted by Crippen LogP contribution is 2.41. The van der Waals surface area contributed by atoms with Crippen LogP contribution in [0.5, 0.6) is 0 Å². The smallest absolute Gasteiger partial charge is 0.217 e. The Morgan fingerprint density at radius 1 is 1.17 bits per heavy atom. The largest absolute Gasteiger partial charge is 0.296 e. The fourth-order valence-electron chi connectivity index (χ4n) is 4.20.